The molecule has 154 valence electrons. The standard InChI is InChI=1S/C23H27NO4S/c1-27-21-14-16(10-11-20(21)28-18-7-2-3-8-18)23(26)24-12-4-6-17(24)15-19(25)22-9-5-13-29-22/h5,9-11,13-14,17-18H,2-4,6-8,12,15H2,1H3/t17-/m0/s1. The maximum atomic E-state index is 13.2. The number of hydrogen-bond donors (Lipinski definition) is 0. The molecule has 0 N–H and O–H groups in total. The molecule has 6 heteroatoms. The summed E-state index contributed by atoms with van der Waals surface area (Å²) in [4.78, 5) is 28.3. The second kappa shape index (κ2) is 8.99. The summed E-state index contributed by atoms with van der Waals surface area (Å²) in [6.45, 7) is 0.684. The van der Waals surface area contributed by atoms with E-state index in [0.717, 1.165) is 30.6 Å². The molecule has 0 bridgehead atoms. The molecule has 0 unspecified atom stereocenters. The number of carbonyl (C=O) groups excluding carboxylic acids is 2. The molecule has 29 heavy (non-hydrogen) atoms. The highest BCUT2D eigenvalue weighted by atomic mass is 32.1. The van der Waals surface area contributed by atoms with Crippen LogP contribution in [0.5, 0.6) is 11.5 Å². The number of methoxy groups -OCH3 is 1. The van der Waals surface area contributed by atoms with Crippen LogP contribution in [0.15, 0.2) is 35.7 Å². The summed E-state index contributed by atoms with van der Waals surface area (Å²) in [7, 11) is 1.60. The van der Waals surface area contributed by atoms with Gasteiger partial charge in [0, 0.05) is 24.6 Å². The lowest BCUT2D eigenvalue weighted by atomic mass is 10.1. The Balaban J connectivity index is 1.46. The number of amides is 1. The van der Waals surface area contributed by atoms with Gasteiger partial charge in [-0.3, -0.25) is 9.59 Å². The van der Waals surface area contributed by atoms with Gasteiger partial charge in [-0.25, -0.2) is 0 Å². The Morgan fingerprint density at radius 2 is 1.93 bits per heavy atom. The van der Waals surface area contributed by atoms with E-state index in [-0.39, 0.29) is 23.8 Å². The number of likely N-dealkylation sites (tertiary alicyclic amines) is 1. The van der Waals surface area contributed by atoms with Crippen molar-refractivity contribution in [3.8, 4) is 11.5 Å². The molecule has 2 heterocycles. The first-order chi connectivity index (χ1) is 14.2. The molecule has 2 aliphatic rings. The second-order valence-corrected chi connectivity index (χ2v) is 8.74. The Morgan fingerprint density at radius 3 is 2.66 bits per heavy atom. The van der Waals surface area contributed by atoms with Gasteiger partial charge in [-0.15, -0.1) is 11.3 Å². The van der Waals surface area contributed by atoms with E-state index in [0.29, 0.717) is 30.0 Å². The Labute approximate surface area is 175 Å². The van der Waals surface area contributed by atoms with Crippen LogP contribution >= 0.6 is 11.3 Å². The minimum atomic E-state index is -0.0443. The normalized spacial score (nSPS) is 19.5. The summed E-state index contributed by atoms with van der Waals surface area (Å²) in [5.74, 6) is 1.36. The first kappa shape index (κ1) is 20.0. The average molecular weight is 414 g/mol. The van der Waals surface area contributed by atoms with Crippen LogP contribution in [0.4, 0.5) is 0 Å². The molecule has 1 aliphatic heterocycles. The molecule has 4 rings (SSSR count). The van der Waals surface area contributed by atoms with Gasteiger partial charge in [0.05, 0.1) is 18.1 Å². The summed E-state index contributed by atoms with van der Waals surface area (Å²) in [5.41, 5.74) is 0.580. The van der Waals surface area contributed by atoms with Crippen molar-refractivity contribution in [3.05, 3.63) is 46.2 Å². The molecular formula is C23H27NO4S. The van der Waals surface area contributed by atoms with Gasteiger partial charge in [-0.2, -0.15) is 0 Å². The highest BCUT2D eigenvalue weighted by Gasteiger charge is 2.32. The molecule has 0 radical (unpaired) electrons. The van der Waals surface area contributed by atoms with Crippen LogP contribution in [0.1, 0.15) is 65.0 Å². The van der Waals surface area contributed by atoms with Crippen molar-refractivity contribution in [1.82, 2.24) is 4.90 Å². The van der Waals surface area contributed by atoms with Crippen molar-refractivity contribution in [2.24, 2.45) is 0 Å². The Bertz CT molecular complexity index is 858. The van der Waals surface area contributed by atoms with Crippen LogP contribution in [0.3, 0.4) is 0 Å². The predicted molar refractivity (Wildman–Crippen MR) is 113 cm³/mol. The molecule has 1 atom stereocenters. The van der Waals surface area contributed by atoms with Crippen LogP contribution in [0.25, 0.3) is 0 Å². The van der Waals surface area contributed by atoms with E-state index < -0.39 is 0 Å². The maximum Gasteiger partial charge on any atom is 0.254 e. The van der Waals surface area contributed by atoms with Gasteiger partial charge in [-0.05, 0) is 68.2 Å². The Hall–Kier alpha value is -2.34. The summed E-state index contributed by atoms with van der Waals surface area (Å²) in [6, 6.07) is 9.11. The van der Waals surface area contributed by atoms with Crippen molar-refractivity contribution in [3.63, 3.8) is 0 Å². The molecule has 1 aromatic heterocycles. The van der Waals surface area contributed by atoms with Crippen molar-refractivity contribution in [2.45, 2.75) is 57.1 Å². The highest BCUT2D eigenvalue weighted by Crippen LogP contribution is 2.33. The third-order valence-corrected chi connectivity index (χ3v) is 6.77. The number of ketones is 1. The van der Waals surface area contributed by atoms with Gasteiger partial charge in [0.2, 0.25) is 0 Å². The van der Waals surface area contributed by atoms with Crippen molar-refractivity contribution >= 4 is 23.0 Å². The molecule has 1 amide bonds. The average Bonchev–Trinajstić information content (AvgIpc) is 3.50. The number of rotatable bonds is 7. The molecule has 1 saturated carbocycles. The zero-order chi connectivity index (χ0) is 20.2. The molecule has 1 saturated heterocycles. The number of benzene rings is 1. The first-order valence-electron chi connectivity index (χ1n) is 10.4. The summed E-state index contributed by atoms with van der Waals surface area (Å²) in [5, 5.41) is 1.91. The van der Waals surface area contributed by atoms with Crippen molar-refractivity contribution < 1.29 is 19.1 Å². The van der Waals surface area contributed by atoms with E-state index in [9.17, 15) is 9.59 Å². The van der Waals surface area contributed by atoms with E-state index in [1.54, 1.807) is 13.2 Å². The lowest BCUT2D eigenvalue weighted by Crippen LogP contribution is -2.36. The van der Waals surface area contributed by atoms with E-state index in [1.165, 1.54) is 24.2 Å². The molecule has 2 fully saturated rings. The van der Waals surface area contributed by atoms with E-state index in [1.807, 2.05) is 34.5 Å². The summed E-state index contributed by atoms with van der Waals surface area (Å²) < 4.78 is 11.6. The van der Waals surface area contributed by atoms with Gasteiger partial charge in [0.25, 0.3) is 5.91 Å². The number of thiophene rings is 1. The molecule has 0 spiro atoms. The van der Waals surface area contributed by atoms with Crippen LogP contribution in [-0.4, -0.2) is 42.4 Å². The van der Waals surface area contributed by atoms with Gasteiger partial charge in [0.15, 0.2) is 17.3 Å². The third kappa shape index (κ3) is 4.47. The SMILES string of the molecule is COc1cc(C(=O)N2CCC[C@H]2CC(=O)c2cccs2)ccc1OC1CCCC1. The van der Waals surface area contributed by atoms with Crippen molar-refractivity contribution in [2.75, 3.05) is 13.7 Å². The minimum Gasteiger partial charge on any atom is -0.493 e. The van der Waals surface area contributed by atoms with Crippen LogP contribution < -0.4 is 9.47 Å². The fraction of sp³-hybridized carbons (Fsp3) is 0.478. The maximum absolute atomic E-state index is 13.2. The predicted octanol–water partition coefficient (Wildman–Crippen LogP) is 4.96. The Kier molecular flexibility index (Phi) is 6.19. The monoisotopic (exact) mass is 413 g/mol. The Morgan fingerprint density at radius 1 is 1.10 bits per heavy atom. The van der Waals surface area contributed by atoms with Gasteiger partial charge in [-0.1, -0.05) is 6.07 Å². The molecular weight excluding hydrogens is 386 g/mol. The fourth-order valence-electron chi connectivity index (χ4n) is 4.32. The molecule has 1 aromatic carbocycles. The topological polar surface area (TPSA) is 55.8 Å². The molecule has 2 aromatic rings. The number of nitrogens with zero attached hydrogens (tertiary/aromatic N) is 1. The number of ether oxygens (including phenoxy) is 2. The van der Waals surface area contributed by atoms with Gasteiger partial charge >= 0.3 is 0 Å². The van der Waals surface area contributed by atoms with Gasteiger partial charge < -0.3 is 14.4 Å². The van der Waals surface area contributed by atoms with E-state index in [4.69, 9.17) is 9.47 Å². The van der Waals surface area contributed by atoms with Crippen LogP contribution in [0.2, 0.25) is 0 Å². The van der Waals surface area contributed by atoms with Crippen molar-refractivity contribution in [1.29, 1.82) is 0 Å². The third-order valence-electron chi connectivity index (χ3n) is 5.86. The van der Waals surface area contributed by atoms with Gasteiger partial charge in [0.1, 0.15) is 0 Å². The molecule has 1 aliphatic carbocycles. The quantitative estimate of drug-likeness (QED) is 0.602. The molecule has 5 nitrogen and oxygen atoms in total. The van der Waals surface area contributed by atoms with E-state index in [2.05, 4.69) is 0 Å². The lowest BCUT2D eigenvalue weighted by Gasteiger charge is -2.25. The second-order valence-electron chi connectivity index (χ2n) is 7.79. The number of Topliss-reactive ketones (excluding diaryl/α,β-unsaturated/α-hetero) is 1. The summed E-state index contributed by atoms with van der Waals surface area (Å²) >= 11 is 1.46. The fourth-order valence-corrected chi connectivity index (χ4v) is 4.99. The minimum absolute atomic E-state index is 0.0440. The highest BCUT2D eigenvalue weighted by molar-refractivity contribution is 7.12. The number of hydrogen-bond acceptors (Lipinski definition) is 5. The van der Waals surface area contributed by atoms with E-state index >= 15 is 0 Å². The lowest BCUT2D eigenvalue weighted by molar-refractivity contribution is 0.0717. The first-order valence-corrected chi connectivity index (χ1v) is 11.3. The van der Waals surface area contributed by atoms with Crippen LogP contribution in [-0.2, 0) is 0 Å². The smallest absolute Gasteiger partial charge is 0.254 e. The largest absolute Gasteiger partial charge is 0.493 e. The summed E-state index contributed by atoms with van der Waals surface area (Å²) in [6.07, 6.45) is 6.93. The van der Waals surface area contributed by atoms with Crippen LogP contribution in [0, 0.1) is 0 Å². The zero-order valence-corrected chi connectivity index (χ0v) is 17.6. The zero-order valence-electron chi connectivity index (χ0n) is 16.8. The number of carbonyl (C=O) groups is 2.